The fraction of sp³-hybridized carbons (Fsp3) is 0.821. The van der Waals surface area contributed by atoms with Crippen molar-refractivity contribution in [2.24, 2.45) is 5.92 Å². The summed E-state index contributed by atoms with van der Waals surface area (Å²) in [5.74, 6) is 1.06. The van der Waals surface area contributed by atoms with Crippen LogP contribution in [0, 0.1) is 5.92 Å². The van der Waals surface area contributed by atoms with Crippen LogP contribution in [-0.4, -0.2) is 12.6 Å². The van der Waals surface area contributed by atoms with Crippen molar-refractivity contribution < 1.29 is 9.53 Å². The summed E-state index contributed by atoms with van der Waals surface area (Å²) >= 11 is 0. The average Bonchev–Trinajstić information content (AvgIpc) is 3.57. The number of allylic oxidation sites excluding steroid dienone is 4. The van der Waals surface area contributed by atoms with E-state index < -0.39 is 0 Å². The van der Waals surface area contributed by atoms with Crippen molar-refractivity contribution >= 4 is 5.97 Å². The molecule has 0 heterocycles. The third-order valence-electron chi connectivity index (χ3n) is 6.05. The van der Waals surface area contributed by atoms with Gasteiger partial charge in [0.2, 0.25) is 0 Å². The van der Waals surface area contributed by atoms with Gasteiger partial charge in [-0.05, 0) is 50.9 Å². The minimum Gasteiger partial charge on any atom is -0.466 e. The molecule has 1 fully saturated rings. The van der Waals surface area contributed by atoms with E-state index in [1.807, 2.05) is 0 Å². The van der Waals surface area contributed by atoms with Gasteiger partial charge in [0, 0.05) is 6.42 Å². The van der Waals surface area contributed by atoms with Crippen molar-refractivity contribution in [1.29, 1.82) is 0 Å². The molecule has 0 N–H and O–H groups in total. The summed E-state index contributed by atoms with van der Waals surface area (Å²) in [6, 6.07) is 0. The van der Waals surface area contributed by atoms with Crippen molar-refractivity contribution in [2.75, 3.05) is 6.61 Å². The van der Waals surface area contributed by atoms with Crippen LogP contribution < -0.4 is 0 Å². The van der Waals surface area contributed by atoms with Gasteiger partial charge < -0.3 is 4.74 Å². The minimum atomic E-state index is 0.0137. The van der Waals surface area contributed by atoms with Crippen LogP contribution in [0.2, 0.25) is 0 Å². The van der Waals surface area contributed by atoms with E-state index in [-0.39, 0.29) is 5.97 Å². The van der Waals surface area contributed by atoms with Gasteiger partial charge in [0.15, 0.2) is 0 Å². The summed E-state index contributed by atoms with van der Waals surface area (Å²) in [5.41, 5.74) is 0. The number of esters is 1. The van der Waals surface area contributed by atoms with E-state index in [9.17, 15) is 4.79 Å². The van der Waals surface area contributed by atoms with Crippen molar-refractivity contribution in [1.82, 2.24) is 0 Å². The van der Waals surface area contributed by atoms with Gasteiger partial charge in [-0.1, -0.05) is 108 Å². The Bertz CT molecular complexity index is 434. The lowest BCUT2D eigenvalue weighted by Gasteiger charge is -2.05. The van der Waals surface area contributed by atoms with Crippen LogP contribution >= 0.6 is 0 Å². The Morgan fingerprint density at radius 3 is 2.03 bits per heavy atom. The maximum atomic E-state index is 11.7. The first-order valence-electron chi connectivity index (χ1n) is 13.3. The summed E-state index contributed by atoms with van der Waals surface area (Å²) in [5, 5.41) is 0. The van der Waals surface area contributed by atoms with Gasteiger partial charge in [-0.15, -0.1) is 0 Å². The zero-order valence-electron chi connectivity index (χ0n) is 20.1. The van der Waals surface area contributed by atoms with Crippen LogP contribution in [0.25, 0.3) is 0 Å². The van der Waals surface area contributed by atoms with Gasteiger partial charge in [0.1, 0.15) is 0 Å². The van der Waals surface area contributed by atoms with E-state index in [4.69, 9.17) is 4.74 Å². The smallest absolute Gasteiger partial charge is 0.305 e. The Kier molecular flexibility index (Phi) is 19.1. The molecule has 0 amide bonds. The standard InChI is InChI=1S/C28H50O2/c1-2-3-4-5-6-7-8-9-10-11-12-13-14-15-18-21-26-30-28(29)23-20-17-16-19-22-27-24-25-27/h6-7,9-10,27H,2-5,8,11-26H2,1H3. The number of hydrogen-bond acceptors (Lipinski definition) is 2. The van der Waals surface area contributed by atoms with Crippen molar-refractivity contribution in [3.05, 3.63) is 24.3 Å². The lowest BCUT2D eigenvalue weighted by molar-refractivity contribution is -0.143. The molecule has 1 aliphatic carbocycles. The predicted octanol–water partition coefficient (Wildman–Crippen LogP) is 9.09. The Balaban J connectivity index is 1.72. The Labute approximate surface area is 187 Å². The summed E-state index contributed by atoms with van der Waals surface area (Å²) in [7, 11) is 0. The fourth-order valence-electron chi connectivity index (χ4n) is 3.81. The molecule has 174 valence electrons. The highest BCUT2D eigenvalue weighted by Gasteiger charge is 2.19. The van der Waals surface area contributed by atoms with Crippen molar-refractivity contribution in [3.63, 3.8) is 0 Å². The third-order valence-corrected chi connectivity index (χ3v) is 6.05. The highest BCUT2D eigenvalue weighted by atomic mass is 16.5. The predicted molar refractivity (Wildman–Crippen MR) is 131 cm³/mol. The maximum Gasteiger partial charge on any atom is 0.305 e. The van der Waals surface area contributed by atoms with Crippen molar-refractivity contribution in [2.45, 2.75) is 135 Å². The van der Waals surface area contributed by atoms with E-state index in [0.29, 0.717) is 13.0 Å². The zero-order chi connectivity index (χ0) is 21.5. The normalized spacial score (nSPS) is 14.2. The molecule has 0 unspecified atom stereocenters. The van der Waals surface area contributed by atoms with Crippen LogP contribution in [0.5, 0.6) is 0 Å². The quantitative estimate of drug-likeness (QED) is 0.0995. The SMILES string of the molecule is CCCCCC=CCC=CCCCCCCCCOC(=O)CCCCCCC1CC1. The highest BCUT2D eigenvalue weighted by Crippen LogP contribution is 2.34. The molecular weight excluding hydrogens is 368 g/mol. The zero-order valence-corrected chi connectivity index (χ0v) is 20.1. The molecule has 2 heteroatoms. The van der Waals surface area contributed by atoms with Crippen molar-refractivity contribution in [3.8, 4) is 0 Å². The van der Waals surface area contributed by atoms with Gasteiger partial charge in [-0.2, -0.15) is 0 Å². The largest absolute Gasteiger partial charge is 0.466 e. The van der Waals surface area contributed by atoms with Crippen LogP contribution in [0.1, 0.15) is 135 Å². The lowest BCUT2D eigenvalue weighted by Crippen LogP contribution is -2.05. The number of unbranched alkanes of at least 4 members (excludes halogenated alkanes) is 12. The van der Waals surface area contributed by atoms with Crippen LogP contribution in [0.15, 0.2) is 24.3 Å². The molecule has 1 rings (SSSR count). The maximum absolute atomic E-state index is 11.7. The molecule has 0 radical (unpaired) electrons. The summed E-state index contributed by atoms with van der Waals surface area (Å²) in [6.45, 7) is 2.87. The average molecular weight is 419 g/mol. The van der Waals surface area contributed by atoms with Gasteiger partial charge in [0.05, 0.1) is 6.61 Å². The molecule has 1 aliphatic rings. The van der Waals surface area contributed by atoms with Crippen LogP contribution in [-0.2, 0) is 9.53 Å². The first-order valence-corrected chi connectivity index (χ1v) is 13.3. The Morgan fingerprint density at radius 2 is 1.33 bits per heavy atom. The molecule has 0 atom stereocenters. The summed E-state index contributed by atoms with van der Waals surface area (Å²) in [4.78, 5) is 11.7. The lowest BCUT2D eigenvalue weighted by atomic mass is 10.1. The number of ether oxygens (including phenoxy) is 1. The minimum absolute atomic E-state index is 0.0137. The number of carbonyl (C=O) groups is 1. The molecule has 30 heavy (non-hydrogen) atoms. The molecule has 0 aromatic rings. The first kappa shape index (κ1) is 27.0. The Hall–Kier alpha value is -1.05. The molecule has 0 aromatic carbocycles. The monoisotopic (exact) mass is 418 g/mol. The fourth-order valence-corrected chi connectivity index (χ4v) is 3.81. The van der Waals surface area contributed by atoms with E-state index in [1.54, 1.807) is 0 Å². The second kappa shape index (κ2) is 21.2. The number of hydrogen-bond donors (Lipinski definition) is 0. The van der Waals surface area contributed by atoms with Crippen LogP contribution in [0.3, 0.4) is 0 Å². The molecular formula is C28H50O2. The van der Waals surface area contributed by atoms with Gasteiger partial charge in [0.25, 0.3) is 0 Å². The van der Waals surface area contributed by atoms with E-state index in [1.165, 1.54) is 103 Å². The molecule has 0 saturated heterocycles. The molecule has 0 aromatic heterocycles. The number of carbonyl (C=O) groups excluding carboxylic acids is 1. The Morgan fingerprint density at radius 1 is 0.733 bits per heavy atom. The number of rotatable bonds is 22. The summed E-state index contributed by atoms with van der Waals surface area (Å²) < 4.78 is 5.36. The van der Waals surface area contributed by atoms with Gasteiger partial charge in [-0.3, -0.25) is 4.79 Å². The van der Waals surface area contributed by atoms with Crippen LogP contribution in [0.4, 0.5) is 0 Å². The second-order valence-electron chi connectivity index (χ2n) is 9.20. The second-order valence-corrected chi connectivity index (χ2v) is 9.20. The van der Waals surface area contributed by atoms with E-state index in [0.717, 1.165) is 25.2 Å². The molecule has 0 aliphatic heterocycles. The van der Waals surface area contributed by atoms with E-state index in [2.05, 4.69) is 31.2 Å². The van der Waals surface area contributed by atoms with Gasteiger partial charge >= 0.3 is 5.97 Å². The molecule has 2 nitrogen and oxygen atoms in total. The third kappa shape index (κ3) is 20.2. The van der Waals surface area contributed by atoms with E-state index >= 15 is 0 Å². The van der Waals surface area contributed by atoms with Gasteiger partial charge in [-0.25, -0.2) is 0 Å². The topological polar surface area (TPSA) is 26.3 Å². The highest BCUT2D eigenvalue weighted by molar-refractivity contribution is 5.69. The summed E-state index contributed by atoms with van der Waals surface area (Å²) in [6.07, 6.45) is 34.0. The molecule has 1 saturated carbocycles. The molecule has 0 spiro atoms. The molecule has 0 bridgehead atoms. The first-order chi connectivity index (χ1) is 14.8.